The van der Waals surface area contributed by atoms with Gasteiger partial charge in [0.1, 0.15) is 0 Å². The van der Waals surface area contributed by atoms with Crippen LogP contribution in [0.25, 0.3) is 0 Å². The van der Waals surface area contributed by atoms with Crippen LogP contribution in [0.2, 0.25) is 51.4 Å². The molecule has 0 aromatic heterocycles. The van der Waals surface area contributed by atoms with Gasteiger partial charge in [-0.3, -0.25) is 0 Å². The molecular weight excluding hydrogens is 499 g/mol. The summed E-state index contributed by atoms with van der Waals surface area (Å²) >= 11 is 0. The van der Waals surface area contributed by atoms with Crippen LogP contribution in [0.1, 0.15) is 51.4 Å². The Morgan fingerprint density at radius 3 is 0.880 bits per heavy atom. The second-order valence-electron chi connectivity index (χ2n) is 9.83. The van der Waals surface area contributed by atoms with Gasteiger partial charge in [-0.2, -0.15) is 0 Å². The molecule has 3 heteroatoms. The minimum absolute atomic E-state index is 0. The molecule has 2 aliphatic rings. The van der Waals surface area contributed by atoms with Gasteiger partial charge in [0.05, 0.1) is 0 Å². The van der Waals surface area contributed by atoms with Crippen molar-refractivity contribution in [2.45, 2.75) is 103 Å². The smallest absolute Gasteiger partial charge is 0.358 e. The van der Waals surface area contributed by atoms with Crippen LogP contribution in [0.4, 0.5) is 0 Å². The zero-order valence-corrected chi connectivity index (χ0v) is 25.3. The summed E-state index contributed by atoms with van der Waals surface area (Å²) in [6.45, 7) is 14.9. The summed E-state index contributed by atoms with van der Waals surface area (Å²) in [6, 6.07) is 3.15. The molecule has 0 spiro atoms. The van der Waals surface area contributed by atoms with Gasteiger partial charge in [0.25, 0.3) is 0 Å². The molecule has 0 aromatic carbocycles. The third kappa shape index (κ3) is 21.5. The van der Waals surface area contributed by atoms with Gasteiger partial charge >= 0.3 is 25.8 Å². The molecule has 2 rings (SSSR count). The monoisotopic (exact) mass is 552 g/mol. The fourth-order valence-electron chi connectivity index (χ4n) is 4.16. The minimum atomic E-state index is -0.722. The zero-order chi connectivity index (χ0) is 15.2. The van der Waals surface area contributed by atoms with Crippen LogP contribution in [0.15, 0.2) is 0 Å². The summed E-state index contributed by atoms with van der Waals surface area (Å²) < 4.78 is 0. The first-order valence-corrected chi connectivity index (χ1v) is 16.6. The normalized spacial score (nSPS) is 17.5. The maximum Gasteiger partial charge on any atom is 4.00 e. The number of hydrogen-bond acceptors (Lipinski definition) is 0. The first-order valence-electron chi connectivity index (χ1n) is 9.16. The van der Waals surface area contributed by atoms with Gasteiger partial charge in [-0.25, -0.2) is 0 Å². The molecule has 0 aromatic rings. The topological polar surface area (TPSA) is 0 Å². The third-order valence-electron chi connectivity index (χ3n) is 4.75. The van der Waals surface area contributed by atoms with E-state index in [4.69, 9.17) is 0 Å². The van der Waals surface area contributed by atoms with E-state index >= 15 is 0 Å². The van der Waals surface area contributed by atoms with Crippen molar-refractivity contribution >= 4 is 16.1 Å². The van der Waals surface area contributed by atoms with Crippen LogP contribution in [-0.2, 0) is 25.8 Å². The van der Waals surface area contributed by atoms with E-state index in [-0.39, 0.29) is 55.5 Å². The summed E-state index contributed by atoms with van der Waals surface area (Å²) in [7, 11) is -1.44. The minimum Gasteiger partial charge on any atom is -0.358 e. The maximum atomic E-state index is 2.49. The van der Waals surface area contributed by atoms with E-state index in [0.717, 1.165) is 11.8 Å². The molecule has 2 fully saturated rings. The Balaban J connectivity index is -0.0000000889. The van der Waals surface area contributed by atoms with E-state index in [1.807, 2.05) is 0 Å². The van der Waals surface area contributed by atoms with Crippen molar-refractivity contribution in [2.75, 3.05) is 0 Å². The summed E-state index contributed by atoms with van der Waals surface area (Å²) in [5, 5.41) is 0. The molecule has 0 radical (unpaired) electrons. The van der Waals surface area contributed by atoms with Crippen LogP contribution < -0.4 is 0 Å². The first kappa shape index (κ1) is 37.1. The van der Waals surface area contributed by atoms with Gasteiger partial charge in [0, 0.05) is 16.1 Å². The summed E-state index contributed by atoms with van der Waals surface area (Å²) in [5.41, 5.74) is 0. The van der Waals surface area contributed by atoms with E-state index in [1.165, 1.54) is 51.4 Å². The molecule has 0 aliphatic heterocycles. The van der Waals surface area contributed by atoms with Crippen LogP contribution in [0.5, 0.6) is 0 Å². The third-order valence-corrected chi connectivity index (χ3v) is 8.36. The Kier molecular flexibility index (Phi) is 25.8. The van der Waals surface area contributed by atoms with Crippen LogP contribution in [0.3, 0.4) is 0 Å². The summed E-state index contributed by atoms with van der Waals surface area (Å²) in [5.74, 6) is 2.23. The molecule has 152 valence electrons. The fourth-order valence-corrected chi connectivity index (χ4v) is 8.44. The van der Waals surface area contributed by atoms with E-state index in [0.29, 0.717) is 0 Å². The van der Waals surface area contributed by atoms with Crippen molar-refractivity contribution in [2.24, 2.45) is 11.8 Å². The second-order valence-corrected chi connectivity index (χ2v) is 20.9. The van der Waals surface area contributed by atoms with Gasteiger partial charge in [0.15, 0.2) is 0 Å². The second kappa shape index (κ2) is 17.4. The standard InChI is InChI=1S/2C9H20Si.4CH3.Hf/c2*1-10(2,3)8-9-6-4-5-7-9;;;;;/h2*9H,4-8H2,1-3H3;4*1H3;/q;;4*-1;+4. The maximum absolute atomic E-state index is 2.49. The predicted molar refractivity (Wildman–Crippen MR) is 126 cm³/mol. The molecule has 0 atom stereocenters. The van der Waals surface area contributed by atoms with Gasteiger partial charge < -0.3 is 29.7 Å². The molecule has 25 heavy (non-hydrogen) atoms. The van der Waals surface area contributed by atoms with Crippen molar-refractivity contribution in [3.63, 3.8) is 0 Å². The SMILES string of the molecule is C[Si](C)(C)CC1CCCC1.C[Si](C)(C)CC1CCCC1.[CH3-].[CH3-].[CH3-].[CH3-].[Hf+4]. The van der Waals surface area contributed by atoms with Crippen LogP contribution in [0, 0.1) is 41.5 Å². The summed E-state index contributed by atoms with van der Waals surface area (Å²) in [6.07, 6.45) is 12.2. The zero-order valence-electron chi connectivity index (χ0n) is 19.7. The van der Waals surface area contributed by atoms with Crippen molar-refractivity contribution < 1.29 is 25.8 Å². The first-order chi connectivity index (χ1) is 9.16. The quantitative estimate of drug-likeness (QED) is 0.242. The Morgan fingerprint density at radius 1 is 0.520 bits per heavy atom. The summed E-state index contributed by atoms with van der Waals surface area (Å²) in [4.78, 5) is 0. The van der Waals surface area contributed by atoms with Crippen LogP contribution in [-0.4, -0.2) is 16.1 Å². The molecule has 0 N–H and O–H groups in total. The average molecular weight is 551 g/mol. The largest absolute Gasteiger partial charge is 4.00 e. The van der Waals surface area contributed by atoms with E-state index in [1.54, 1.807) is 12.1 Å². The van der Waals surface area contributed by atoms with Gasteiger partial charge in [-0.1, -0.05) is 103 Å². The Bertz CT molecular complexity index is 226. The van der Waals surface area contributed by atoms with E-state index < -0.39 is 16.1 Å². The van der Waals surface area contributed by atoms with E-state index in [2.05, 4.69) is 39.3 Å². The molecule has 0 nitrogen and oxygen atoms in total. The fraction of sp³-hybridized carbons (Fsp3) is 0.818. The van der Waals surface area contributed by atoms with Gasteiger partial charge in [0.2, 0.25) is 0 Å². The van der Waals surface area contributed by atoms with Crippen molar-refractivity contribution in [3.8, 4) is 0 Å². The molecule has 0 bridgehead atoms. The Hall–Kier alpha value is 1.30. The van der Waals surface area contributed by atoms with Crippen molar-refractivity contribution in [3.05, 3.63) is 29.7 Å². The van der Waals surface area contributed by atoms with E-state index in [9.17, 15) is 0 Å². The molecule has 0 heterocycles. The molecule has 0 unspecified atom stereocenters. The molecule has 2 aliphatic carbocycles. The predicted octanol–water partition coefficient (Wildman–Crippen LogP) is 8.83. The average Bonchev–Trinajstić information content (AvgIpc) is 2.87. The van der Waals surface area contributed by atoms with Crippen LogP contribution >= 0.6 is 0 Å². The Labute approximate surface area is 185 Å². The van der Waals surface area contributed by atoms with Gasteiger partial charge in [-0.05, 0) is 11.8 Å². The van der Waals surface area contributed by atoms with Crippen molar-refractivity contribution in [1.29, 1.82) is 0 Å². The van der Waals surface area contributed by atoms with Crippen molar-refractivity contribution in [1.82, 2.24) is 0 Å². The molecule has 0 saturated heterocycles. The molecule has 2 saturated carbocycles. The Morgan fingerprint density at radius 2 is 0.720 bits per heavy atom. The molecule has 0 amide bonds. The number of rotatable bonds is 4. The van der Waals surface area contributed by atoms with Gasteiger partial charge in [-0.15, -0.1) is 0 Å². The molecular formula is C22H52HfSi2. The number of hydrogen-bond donors (Lipinski definition) is 0.